The molecule has 0 radical (unpaired) electrons. The lowest BCUT2D eigenvalue weighted by Gasteiger charge is -2.21. The second-order valence-corrected chi connectivity index (χ2v) is 9.53. The predicted molar refractivity (Wildman–Crippen MR) is 111 cm³/mol. The second kappa shape index (κ2) is 9.78. The molecule has 0 aliphatic heterocycles. The van der Waals surface area contributed by atoms with Gasteiger partial charge in [-0.1, -0.05) is 48.5 Å². The predicted octanol–water partition coefficient (Wildman–Crippen LogP) is 3.44. The summed E-state index contributed by atoms with van der Waals surface area (Å²) in [7, 11) is -3.78. The summed E-state index contributed by atoms with van der Waals surface area (Å²) < 4.78 is 40.3. The van der Waals surface area contributed by atoms with Crippen LogP contribution in [0, 0.1) is 5.82 Å². The summed E-state index contributed by atoms with van der Waals surface area (Å²) in [6.07, 6.45) is 0.530. The Morgan fingerprint density at radius 3 is 2.34 bits per heavy atom. The molecule has 0 unspecified atom stereocenters. The first kappa shape index (κ1) is 21.2. The van der Waals surface area contributed by atoms with Crippen molar-refractivity contribution < 1.29 is 17.6 Å². The fourth-order valence-electron chi connectivity index (χ4n) is 2.76. The van der Waals surface area contributed by atoms with Crippen LogP contribution in [-0.2, 0) is 27.8 Å². The Kier molecular flexibility index (Phi) is 7.13. The highest BCUT2D eigenvalue weighted by molar-refractivity contribution is 7.91. The monoisotopic (exact) mass is 432 g/mol. The van der Waals surface area contributed by atoms with Crippen LogP contribution in [0.1, 0.15) is 11.1 Å². The van der Waals surface area contributed by atoms with Crippen molar-refractivity contribution in [3.8, 4) is 0 Å². The lowest BCUT2D eigenvalue weighted by Crippen LogP contribution is -2.40. The number of rotatable bonds is 9. The lowest BCUT2D eigenvalue weighted by molar-refractivity contribution is -0.121. The van der Waals surface area contributed by atoms with Crippen LogP contribution < -0.4 is 5.32 Å². The van der Waals surface area contributed by atoms with Crippen LogP contribution in [0.15, 0.2) is 76.3 Å². The van der Waals surface area contributed by atoms with Crippen molar-refractivity contribution in [2.75, 3.05) is 13.1 Å². The maximum Gasteiger partial charge on any atom is 0.253 e. The van der Waals surface area contributed by atoms with Crippen LogP contribution in [0.5, 0.6) is 0 Å². The van der Waals surface area contributed by atoms with Crippen molar-refractivity contribution in [3.05, 3.63) is 89.1 Å². The molecule has 5 nitrogen and oxygen atoms in total. The number of sulfonamides is 1. The Balaban J connectivity index is 1.65. The third kappa shape index (κ3) is 5.96. The van der Waals surface area contributed by atoms with Gasteiger partial charge in [-0.2, -0.15) is 4.31 Å². The Morgan fingerprint density at radius 1 is 0.966 bits per heavy atom. The van der Waals surface area contributed by atoms with E-state index in [9.17, 15) is 17.6 Å². The van der Waals surface area contributed by atoms with Crippen LogP contribution in [0.2, 0.25) is 0 Å². The smallest absolute Gasteiger partial charge is 0.253 e. The molecule has 0 saturated carbocycles. The number of nitrogens with one attached hydrogen (secondary N) is 1. The molecular formula is C21H21FN2O3S2. The quantitative estimate of drug-likeness (QED) is 0.563. The van der Waals surface area contributed by atoms with Crippen molar-refractivity contribution in [1.29, 1.82) is 0 Å². The molecule has 8 heteroatoms. The third-order valence-electron chi connectivity index (χ3n) is 4.26. The van der Waals surface area contributed by atoms with Crippen LogP contribution in [0.4, 0.5) is 4.39 Å². The highest BCUT2D eigenvalue weighted by Crippen LogP contribution is 2.22. The van der Waals surface area contributed by atoms with Gasteiger partial charge in [-0.25, -0.2) is 12.8 Å². The van der Waals surface area contributed by atoms with Crippen LogP contribution in [0.25, 0.3) is 0 Å². The molecule has 0 aliphatic carbocycles. The summed E-state index contributed by atoms with van der Waals surface area (Å²) in [6, 6.07) is 18.4. The van der Waals surface area contributed by atoms with E-state index in [-0.39, 0.29) is 29.0 Å². The summed E-state index contributed by atoms with van der Waals surface area (Å²) in [5, 5.41) is 4.43. The van der Waals surface area contributed by atoms with E-state index in [2.05, 4.69) is 5.32 Å². The fourth-order valence-corrected chi connectivity index (χ4v) is 5.29. The number of hydrogen-bond acceptors (Lipinski definition) is 4. The zero-order valence-corrected chi connectivity index (χ0v) is 17.3. The topological polar surface area (TPSA) is 66.5 Å². The average Bonchev–Trinajstić information content (AvgIpc) is 3.26. The second-order valence-electron chi connectivity index (χ2n) is 6.42. The van der Waals surface area contributed by atoms with Gasteiger partial charge in [0.15, 0.2) is 0 Å². The molecule has 1 heterocycles. The maximum atomic E-state index is 13.0. The number of amides is 1. The SMILES string of the molecule is O=C(CN(Cc1ccccc1)S(=O)(=O)c1cccs1)NCCc1ccc(F)cc1. The maximum absolute atomic E-state index is 13.0. The number of carbonyl (C=O) groups excluding carboxylic acids is 1. The molecule has 0 spiro atoms. The van der Waals surface area contributed by atoms with E-state index in [4.69, 9.17) is 0 Å². The number of benzene rings is 2. The average molecular weight is 433 g/mol. The van der Waals surface area contributed by atoms with Crippen molar-refractivity contribution in [2.24, 2.45) is 0 Å². The number of thiophene rings is 1. The van der Waals surface area contributed by atoms with Gasteiger partial charge in [0.05, 0.1) is 6.54 Å². The normalized spacial score (nSPS) is 11.5. The molecule has 3 rings (SSSR count). The van der Waals surface area contributed by atoms with Gasteiger partial charge >= 0.3 is 0 Å². The first-order valence-electron chi connectivity index (χ1n) is 9.04. The Hall–Kier alpha value is -2.55. The van der Waals surface area contributed by atoms with Gasteiger partial charge in [0.1, 0.15) is 10.0 Å². The van der Waals surface area contributed by atoms with Crippen LogP contribution >= 0.6 is 11.3 Å². The first-order valence-corrected chi connectivity index (χ1v) is 11.4. The van der Waals surface area contributed by atoms with Crippen molar-refractivity contribution in [3.63, 3.8) is 0 Å². The molecule has 0 atom stereocenters. The lowest BCUT2D eigenvalue weighted by atomic mass is 10.1. The van der Waals surface area contributed by atoms with E-state index in [1.54, 1.807) is 23.6 Å². The highest BCUT2D eigenvalue weighted by atomic mass is 32.2. The zero-order chi connectivity index (χ0) is 20.7. The summed E-state index contributed by atoms with van der Waals surface area (Å²) >= 11 is 1.12. The minimum atomic E-state index is -3.78. The minimum absolute atomic E-state index is 0.104. The standard InChI is InChI=1S/C21H21FN2O3S2/c22-19-10-8-17(9-11-19)12-13-23-20(25)16-24(15-18-5-2-1-3-6-18)29(26,27)21-7-4-14-28-21/h1-11,14H,12-13,15-16H2,(H,23,25). The summed E-state index contributed by atoms with van der Waals surface area (Å²) in [5.74, 6) is -0.698. The van der Waals surface area contributed by atoms with Crippen molar-refractivity contribution in [1.82, 2.24) is 9.62 Å². The first-order chi connectivity index (χ1) is 13.9. The van der Waals surface area contributed by atoms with Gasteiger partial charge in [-0.05, 0) is 41.1 Å². The molecule has 1 amide bonds. The molecule has 1 N–H and O–H groups in total. The van der Waals surface area contributed by atoms with Gasteiger partial charge in [0, 0.05) is 13.1 Å². The van der Waals surface area contributed by atoms with Gasteiger partial charge in [0.25, 0.3) is 10.0 Å². The largest absolute Gasteiger partial charge is 0.355 e. The summed E-state index contributed by atoms with van der Waals surface area (Å²) in [5.41, 5.74) is 1.69. The van der Waals surface area contributed by atoms with E-state index in [1.807, 2.05) is 30.3 Å². The van der Waals surface area contributed by atoms with Gasteiger partial charge < -0.3 is 5.32 Å². The molecule has 0 saturated heterocycles. The molecule has 1 aromatic heterocycles. The molecule has 2 aromatic carbocycles. The van der Waals surface area contributed by atoms with Gasteiger partial charge in [0.2, 0.25) is 5.91 Å². The molecule has 0 fully saturated rings. The molecule has 0 bridgehead atoms. The third-order valence-corrected chi connectivity index (χ3v) is 7.42. The van der Waals surface area contributed by atoms with E-state index in [1.165, 1.54) is 22.5 Å². The number of hydrogen-bond donors (Lipinski definition) is 1. The fraction of sp³-hybridized carbons (Fsp3) is 0.190. The Bertz CT molecular complexity index is 1020. The molecular weight excluding hydrogens is 411 g/mol. The van der Waals surface area contributed by atoms with Crippen LogP contribution in [0.3, 0.4) is 0 Å². The van der Waals surface area contributed by atoms with E-state index in [0.717, 1.165) is 22.5 Å². The molecule has 152 valence electrons. The molecule has 29 heavy (non-hydrogen) atoms. The Morgan fingerprint density at radius 2 is 1.69 bits per heavy atom. The Labute approximate surface area is 173 Å². The number of halogens is 1. The van der Waals surface area contributed by atoms with Crippen LogP contribution in [-0.4, -0.2) is 31.7 Å². The minimum Gasteiger partial charge on any atom is -0.355 e. The van der Waals surface area contributed by atoms with Crippen molar-refractivity contribution >= 4 is 27.3 Å². The number of nitrogens with zero attached hydrogens (tertiary/aromatic N) is 1. The zero-order valence-electron chi connectivity index (χ0n) is 15.6. The molecule has 0 aliphatic rings. The summed E-state index contributed by atoms with van der Waals surface area (Å²) in [4.78, 5) is 12.4. The van der Waals surface area contributed by atoms with Gasteiger partial charge in [-0.3, -0.25) is 4.79 Å². The van der Waals surface area contributed by atoms with E-state index < -0.39 is 10.0 Å². The molecule has 3 aromatic rings. The number of carbonyl (C=O) groups is 1. The van der Waals surface area contributed by atoms with E-state index >= 15 is 0 Å². The highest BCUT2D eigenvalue weighted by Gasteiger charge is 2.27. The summed E-state index contributed by atoms with van der Waals surface area (Å²) in [6.45, 7) is 0.160. The van der Waals surface area contributed by atoms with Gasteiger partial charge in [-0.15, -0.1) is 11.3 Å². The van der Waals surface area contributed by atoms with E-state index in [0.29, 0.717) is 13.0 Å². The van der Waals surface area contributed by atoms with Crippen molar-refractivity contribution in [2.45, 2.75) is 17.2 Å².